The summed E-state index contributed by atoms with van der Waals surface area (Å²) in [7, 11) is 2.18. The predicted octanol–water partition coefficient (Wildman–Crippen LogP) is 13.4. The second-order valence-electron chi connectivity index (χ2n) is 13.9. The minimum absolute atomic E-state index is 1.17. The van der Waals surface area contributed by atoms with E-state index in [9.17, 15) is 0 Å². The van der Waals surface area contributed by atoms with Gasteiger partial charge in [0.2, 0.25) is 0 Å². The number of rotatable bonds is 4. The van der Waals surface area contributed by atoms with Crippen molar-refractivity contribution in [1.29, 1.82) is 0 Å². The Kier molecular flexibility index (Phi) is 6.70. The molecule has 0 unspecified atom stereocenters. The van der Waals surface area contributed by atoms with Gasteiger partial charge in [0, 0.05) is 49.8 Å². The standard InChI is InChI=1S/C49H33N3S/c1-50-46-28-22-34(32-18-24-36(25-19-32)51-42-14-6-2-10-38(42)39-11-3-7-15-43(39)51)30-48(46)53-49-31-35(23-29-47(49)50)33-20-26-37(27-21-33)52-44-16-8-4-12-40(44)41-13-5-9-17-45(41)52/h2-31H,1H3. The van der Waals surface area contributed by atoms with Crippen LogP contribution in [-0.2, 0) is 0 Å². The summed E-state index contributed by atoms with van der Waals surface area (Å²) in [4.78, 5) is 4.86. The molecule has 10 aromatic rings. The number of anilines is 2. The molecule has 0 bridgehead atoms. The average Bonchev–Trinajstić information content (AvgIpc) is 3.74. The van der Waals surface area contributed by atoms with Gasteiger partial charge in [-0.05, 0) is 95.1 Å². The van der Waals surface area contributed by atoms with E-state index in [4.69, 9.17) is 0 Å². The highest BCUT2D eigenvalue weighted by Crippen LogP contribution is 2.49. The molecule has 0 N–H and O–H groups in total. The summed E-state index contributed by atoms with van der Waals surface area (Å²) in [5.74, 6) is 0. The first-order valence-electron chi connectivity index (χ1n) is 18.1. The highest BCUT2D eigenvalue weighted by Gasteiger charge is 2.22. The van der Waals surface area contributed by atoms with E-state index in [-0.39, 0.29) is 0 Å². The Balaban J connectivity index is 0.903. The van der Waals surface area contributed by atoms with E-state index in [1.807, 2.05) is 11.8 Å². The van der Waals surface area contributed by atoms with Gasteiger partial charge in [0.15, 0.2) is 0 Å². The maximum Gasteiger partial charge on any atom is 0.0550 e. The Morgan fingerprint density at radius 1 is 0.340 bits per heavy atom. The molecule has 0 atom stereocenters. The molecular formula is C49H33N3S. The third-order valence-corrected chi connectivity index (χ3v) is 12.0. The lowest BCUT2D eigenvalue weighted by Crippen LogP contribution is -2.14. The Bertz CT molecular complexity index is 2730. The molecule has 8 aromatic carbocycles. The van der Waals surface area contributed by atoms with Crippen LogP contribution in [0.3, 0.4) is 0 Å². The van der Waals surface area contributed by atoms with Crippen molar-refractivity contribution >= 4 is 66.7 Å². The van der Waals surface area contributed by atoms with Crippen molar-refractivity contribution in [2.45, 2.75) is 9.79 Å². The van der Waals surface area contributed by atoms with Gasteiger partial charge in [0.25, 0.3) is 0 Å². The van der Waals surface area contributed by atoms with Crippen molar-refractivity contribution in [2.24, 2.45) is 0 Å². The third kappa shape index (κ3) is 4.69. The van der Waals surface area contributed by atoms with Gasteiger partial charge in [0.05, 0.1) is 33.4 Å². The van der Waals surface area contributed by atoms with Crippen LogP contribution in [0.2, 0.25) is 0 Å². The first-order chi connectivity index (χ1) is 26.2. The summed E-state index contributed by atoms with van der Waals surface area (Å²) in [6, 6.07) is 66.5. The monoisotopic (exact) mass is 695 g/mol. The SMILES string of the molecule is CN1c2ccc(-c3ccc(-n4c5ccccc5c5ccccc54)cc3)cc2Sc2cc(-c3ccc(-n4c5ccccc5c5ccccc54)cc3)ccc21. The quantitative estimate of drug-likeness (QED) is 0.182. The molecule has 4 heteroatoms. The normalized spacial score (nSPS) is 12.5. The third-order valence-electron chi connectivity index (χ3n) is 10.9. The van der Waals surface area contributed by atoms with Crippen LogP contribution in [0.5, 0.6) is 0 Å². The molecule has 0 radical (unpaired) electrons. The van der Waals surface area contributed by atoms with Crippen LogP contribution in [0.4, 0.5) is 11.4 Å². The lowest BCUT2D eigenvalue weighted by atomic mass is 10.0. The smallest absolute Gasteiger partial charge is 0.0550 e. The molecule has 1 aliphatic rings. The number of hydrogen-bond donors (Lipinski definition) is 0. The van der Waals surface area contributed by atoms with Gasteiger partial charge >= 0.3 is 0 Å². The summed E-state index contributed by atoms with van der Waals surface area (Å²) < 4.78 is 4.75. The van der Waals surface area contributed by atoms with Gasteiger partial charge in [-0.3, -0.25) is 0 Å². The molecule has 0 aliphatic carbocycles. The fraction of sp³-hybridized carbons (Fsp3) is 0.0204. The molecule has 3 heterocycles. The van der Waals surface area contributed by atoms with E-state index in [2.05, 4.69) is 203 Å². The predicted molar refractivity (Wildman–Crippen MR) is 225 cm³/mol. The summed E-state index contributed by atoms with van der Waals surface area (Å²) in [5, 5.41) is 5.12. The van der Waals surface area contributed by atoms with Crippen molar-refractivity contribution in [2.75, 3.05) is 11.9 Å². The van der Waals surface area contributed by atoms with Crippen molar-refractivity contribution in [1.82, 2.24) is 9.13 Å². The average molecular weight is 696 g/mol. The van der Waals surface area contributed by atoms with Crippen molar-refractivity contribution < 1.29 is 0 Å². The molecule has 0 amide bonds. The molecule has 11 rings (SSSR count). The van der Waals surface area contributed by atoms with Gasteiger partial charge in [-0.25, -0.2) is 0 Å². The number of fused-ring (bicyclic) bond motifs is 8. The summed E-state index contributed by atoms with van der Waals surface area (Å²) in [6.07, 6.45) is 0. The highest BCUT2D eigenvalue weighted by atomic mass is 32.2. The number of benzene rings is 8. The van der Waals surface area contributed by atoms with Crippen LogP contribution in [-0.4, -0.2) is 16.2 Å². The number of aromatic nitrogens is 2. The molecule has 0 saturated carbocycles. The van der Waals surface area contributed by atoms with E-state index in [1.54, 1.807) is 0 Å². The minimum Gasteiger partial charge on any atom is -0.343 e. The summed E-state index contributed by atoms with van der Waals surface area (Å²) in [5.41, 5.74) is 14.6. The molecular weight excluding hydrogens is 663 g/mol. The zero-order valence-corrected chi connectivity index (χ0v) is 29.9. The Morgan fingerprint density at radius 2 is 0.660 bits per heavy atom. The van der Waals surface area contributed by atoms with Crippen LogP contribution in [0.15, 0.2) is 192 Å². The lowest BCUT2D eigenvalue weighted by Gasteiger charge is -2.30. The zero-order valence-electron chi connectivity index (χ0n) is 29.1. The first kappa shape index (κ1) is 30.2. The van der Waals surface area contributed by atoms with E-state index < -0.39 is 0 Å². The van der Waals surface area contributed by atoms with Crippen LogP contribution in [0.1, 0.15) is 0 Å². The molecule has 3 nitrogen and oxygen atoms in total. The van der Waals surface area contributed by atoms with Crippen molar-refractivity contribution in [3.8, 4) is 33.6 Å². The Labute approximate surface area is 312 Å². The number of para-hydroxylation sites is 4. The lowest BCUT2D eigenvalue weighted by molar-refractivity contribution is 1.11. The Hall–Kier alpha value is -6.49. The Morgan fingerprint density at radius 3 is 1.02 bits per heavy atom. The highest BCUT2D eigenvalue weighted by molar-refractivity contribution is 7.99. The molecule has 53 heavy (non-hydrogen) atoms. The van der Waals surface area contributed by atoms with E-state index in [0.717, 1.165) is 0 Å². The maximum absolute atomic E-state index is 2.37. The van der Waals surface area contributed by atoms with E-state index >= 15 is 0 Å². The van der Waals surface area contributed by atoms with Gasteiger partial charge in [-0.15, -0.1) is 0 Å². The summed E-state index contributed by atoms with van der Waals surface area (Å²) >= 11 is 1.86. The molecule has 2 aromatic heterocycles. The fourth-order valence-electron chi connectivity index (χ4n) is 8.36. The molecule has 0 spiro atoms. The topological polar surface area (TPSA) is 13.1 Å². The van der Waals surface area contributed by atoms with Crippen LogP contribution in [0.25, 0.3) is 77.2 Å². The van der Waals surface area contributed by atoms with Crippen LogP contribution in [0, 0.1) is 0 Å². The second kappa shape index (κ2) is 11.8. The molecule has 0 fully saturated rings. The molecule has 1 aliphatic heterocycles. The summed E-state index contributed by atoms with van der Waals surface area (Å²) in [6.45, 7) is 0. The van der Waals surface area contributed by atoms with Crippen LogP contribution >= 0.6 is 11.8 Å². The number of nitrogens with zero attached hydrogens (tertiary/aromatic N) is 3. The fourth-order valence-corrected chi connectivity index (χ4v) is 9.59. The van der Waals surface area contributed by atoms with E-state index in [0.29, 0.717) is 0 Å². The van der Waals surface area contributed by atoms with Crippen molar-refractivity contribution in [3.63, 3.8) is 0 Å². The van der Waals surface area contributed by atoms with Crippen molar-refractivity contribution in [3.05, 3.63) is 182 Å². The van der Waals surface area contributed by atoms with E-state index in [1.165, 1.54) is 98.4 Å². The van der Waals surface area contributed by atoms with Crippen LogP contribution < -0.4 is 4.90 Å². The van der Waals surface area contributed by atoms with Gasteiger partial charge in [-0.1, -0.05) is 121 Å². The maximum atomic E-state index is 2.37. The molecule has 250 valence electrons. The van der Waals surface area contributed by atoms with Gasteiger partial charge in [0.1, 0.15) is 0 Å². The largest absolute Gasteiger partial charge is 0.343 e. The second-order valence-corrected chi connectivity index (χ2v) is 14.9. The van der Waals surface area contributed by atoms with Gasteiger partial charge in [-0.2, -0.15) is 0 Å². The first-order valence-corrected chi connectivity index (χ1v) is 18.9. The molecule has 0 saturated heterocycles. The minimum atomic E-state index is 1.17. The van der Waals surface area contributed by atoms with Gasteiger partial charge < -0.3 is 14.0 Å². The number of hydrogen-bond acceptors (Lipinski definition) is 2. The zero-order chi connectivity index (χ0) is 35.0.